The molecule has 2 heterocycles. The molecule has 6 rings (SSSR count). The number of nitrogens with one attached hydrogen (secondary N) is 2. The third-order valence-electron chi connectivity index (χ3n) is 9.78. The second-order valence-electron chi connectivity index (χ2n) is 12.5. The number of sulfonamides is 1. The highest BCUT2D eigenvalue weighted by Crippen LogP contribution is 2.45. The molecule has 3 aromatic rings. The van der Waals surface area contributed by atoms with Crippen molar-refractivity contribution in [1.29, 1.82) is 0 Å². The maximum Gasteiger partial charge on any atom is 0.335 e. The van der Waals surface area contributed by atoms with Crippen LogP contribution in [-0.4, -0.2) is 60.9 Å². The molecule has 3 N–H and O–H groups in total. The highest BCUT2D eigenvalue weighted by molar-refractivity contribution is 7.89. The molecule has 0 aromatic heterocycles. The molecule has 4 unspecified atom stereocenters. The largest absolute Gasteiger partial charge is 0.478 e. The Morgan fingerprint density at radius 3 is 2.00 bits per heavy atom. The SMILES string of the molecule is O=C1CC(NC2CCN(S(=O)(=O)c3ccc(C(=O)O)cc3)CC2)C2CC(C(c3ccc(Cl)cc3)c3ccc(Cl)cc3)CCC2N1. The summed E-state index contributed by atoms with van der Waals surface area (Å²) in [5, 5.41) is 17.6. The molecule has 11 heteroatoms. The smallest absolute Gasteiger partial charge is 0.335 e. The Kier molecular flexibility index (Phi) is 9.54. The molecular formula is C34H37Cl2N3O5S. The summed E-state index contributed by atoms with van der Waals surface area (Å²) in [5.41, 5.74) is 2.46. The molecule has 3 aliphatic rings. The number of aromatic carboxylic acids is 1. The topological polar surface area (TPSA) is 116 Å². The second kappa shape index (κ2) is 13.4. The fourth-order valence-corrected chi connectivity index (χ4v) is 9.25. The van der Waals surface area contributed by atoms with E-state index in [4.69, 9.17) is 28.3 Å². The number of amides is 1. The van der Waals surface area contributed by atoms with Gasteiger partial charge in [0, 0.05) is 53.6 Å². The number of halogens is 2. The molecule has 45 heavy (non-hydrogen) atoms. The molecule has 4 atom stereocenters. The van der Waals surface area contributed by atoms with Crippen LogP contribution in [0.2, 0.25) is 10.0 Å². The van der Waals surface area contributed by atoms with Gasteiger partial charge in [-0.3, -0.25) is 4.79 Å². The first kappa shape index (κ1) is 32.0. The van der Waals surface area contributed by atoms with Gasteiger partial charge >= 0.3 is 5.97 Å². The van der Waals surface area contributed by atoms with E-state index in [0.29, 0.717) is 48.3 Å². The fraction of sp³-hybridized carbons (Fsp3) is 0.412. The molecule has 1 saturated carbocycles. The highest BCUT2D eigenvalue weighted by atomic mass is 35.5. The average molecular weight is 671 g/mol. The monoisotopic (exact) mass is 669 g/mol. The third kappa shape index (κ3) is 7.08. The number of benzene rings is 3. The number of hydrogen-bond acceptors (Lipinski definition) is 5. The molecule has 2 saturated heterocycles. The van der Waals surface area contributed by atoms with Gasteiger partial charge < -0.3 is 15.7 Å². The molecule has 238 valence electrons. The normalized spacial score (nSPS) is 24.6. The first-order valence-electron chi connectivity index (χ1n) is 15.5. The van der Waals surface area contributed by atoms with Crippen LogP contribution in [0, 0.1) is 11.8 Å². The van der Waals surface area contributed by atoms with Crippen molar-refractivity contribution in [2.45, 2.75) is 67.5 Å². The van der Waals surface area contributed by atoms with Crippen LogP contribution >= 0.6 is 23.2 Å². The summed E-state index contributed by atoms with van der Waals surface area (Å²) in [7, 11) is -3.73. The molecule has 0 radical (unpaired) electrons. The second-order valence-corrected chi connectivity index (χ2v) is 15.3. The number of rotatable bonds is 8. The summed E-state index contributed by atoms with van der Waals surface area (Å²) in [5.74, 6) is -0.273. The molecule has 3 fully saturated rings. The van der Waals surface area contributed by atoms with E-state index in [1.807, 2.05) is 24.3 Å². The summed E-state index contributed by atoms with van der Waals surface area (Å²) in [4.78, 5) is 24.1. The summed E-state index contributed by atoms with van der Waals surface area (Å²) < 4.78 is 28.0. The predicted octanol–water partition coefficient (Wildman–Crippen LogP) is 5.94. The molecule has 0 bridgehead atoms. The van der Waals surface area contributed by atoms with Crippen molar-refractivity contribution in [1.82, 2.24) is 14.9 Å². The highest BCUT2D eigenvalue weighted by Gasteiger charge is 2.44. The van der Waals surface area contributed by atoms with Gasteiger partial charge in [-0.1, -0.05) is 47.5 Å². The van der Waals surface area contributed by atoms with Gasteiger partial charge in [0.1, 0.15) is 0 Å². The average Bonchev–Trinajstić information content (AvgIpc) is 3.03. The van der Waals surface area contributed by atoms with Crippen LogP contribution in [0.4, 0.5) is 0 Å². The van der Waals surface area contributed by atoms with Crippen LogP contribution < -0.4 is 10.6 Å². The van der Waals surface area contributed by atoms with E-state index in [-0.39, 0.29) is 46.3 Å². The van der Waals surface area contributed by atoms with E-state index in [9.17, 15) is 18.0 Å². The number of carbonyl (C=O) groups excluding carboxylic acids is 1. The van der Waals surface area contributed by atoms with Gasteiger partial charge in [-0.15, -0.1) is 0 Å². The number of hydrogen-bond donors (Lipinski definition) is 3. The zero-order valence-corrected chi connectivity index (χ0v) is 27.1. The first-order valence-corrected chi connectivity index (χ1v) is 17.7. The van der Waals surface area contributed by atoms with Gasteiger partial charge in [0.15, 0.2) is 0 Å². The minimum absolute atomic E-state index is 0.000596. The van der Waals surface area contributed by atoms with Crippen molar-refractivity contribution < 1.29 is 23.1 Å². The Hall–Kier alpha value is -2.95. The summed E-state index contributed by atoms with van der Waals surface area (Å²) in [6, 6.07) is 21.7. The Morgan fingerprint density at radius 2 is 1.44 bits per heavy atom. The van der Waals surface area contributed by atoms with E-state index < -0.39 is 16.0 Å². The lowest BCUT2D eigenvalue weighted by Gasteiger charge is -2.47. The van der Waals surface area contributed by atoms with E-state index in [0.717, 1.165) is 19.3 Å². The van der Waals surface area contributed by atoms with Crippen molar-refractivity contribution in [3.8, 4) is 0 Å². The Balaban J connectivity index is 1.15. The Bertz CT molecular complexity index is 1580. The van der Waals surface area contributed by atoms with Crippen LogP contribution in [0.1, 0.15) is 65.9 Å². The molecule has 0 spiro atoms. The number of piperidine rings is 2. The predicted molar refractivity (Wildman–Crippen MR) is 174 cm³/mol. The Labute approximate surface area is 274 Å². The van der Waals surface area contributed by atoms with E-state index in [1.54, 1.807) is 0 Å². The van der Waals surface area contributed by atoms with Gasteiger partial charge in [-0.25, -0.2) is 13.2 Å². The van der Waals surface area contributed by atoms with Crippen molar-refractivity contribution in [3.63, 3.8) is 0 Å². The lowest BCUT2D eigenvalue weighted by molar-refractivity contribution is -0.126. The van der Waals surface area contributed by atoms with Crippen molar-refractivity contribution in [2.24, 2.45) is 11.8 Å². The molecule has 8 nitrogen and oxygen atoms in total. The minimum atomic E-state index is -3.73. The molecule has 2 aliphatic heterocycles. The standard InChI is InChI=1S/C34H37Cl2N3O5S/c35-25-8-1-21(2-9-25)33(22-3-10-26(36)11-4-22)24-7-14-30-29(19-24)31(20-32(40)38-30)37-27-15-17-39(18-16-27)45(43,44)28-12-5-23(6-13-28)34(41)42/h1-6,8-13,24,27,29-31,33,37H,7,14-20H2,(H,38,40)(H,41,42). The van der Waals surface area contributed by atoms with Gasteiger partial charge in [0.2, 0.25) is 15.9 Å². The zero-order valence-electron chi connectivity index (χ0n) is 24.7. The quantitative estimate of drug-likeness (QED) is 0.273. The number of carboxylic acid groups (broad SMARTS) is 1. The first-order chi connectivity index (χ1) is 21.6. The molecule has 3 aromatic carbocycles. The summed E-state index contributed by atoms with van der Waals surface area (Å²) >= 11 is 12.5. The van der Waals surface area contributed by atoms with Crippen molar-refractivity contribution in [2.75, 3.05) is 13.1 Å². The van der Waals surface area contributed by atoms with Crippen LogP contribution in [0.5, 0.6) is 0 Å². The van der Waals surface area contributed by atoms with Gasteiger partial charge in [0.25, 0.3) is 0 Å². The van der Waals surface area contributed by atoms with E-state index in [1.165, 1.54) is 39.7 Å². The number of nitrogens with zero attached hydrogens (tertiary/aromatic N) is 1. The third-order valence-corrected chi connectivity index (χ3v) is 12.2. The van der Waals surface area contributed by atoms with Crippen LogP contribution in [0.25, 0.3) is 0 Å². The minimum Gasteiger partial charge on any atom is -0.478 e. The lowest BCUT2D eigenvalue weighted by atomic mass is 9.65. The van der Waals surface area contributed by atoms with E-state index >= 15 is 0 Å². The van der Waals surface area contributed by atoms with E-state index in [2.05, 4.69) is 34.9 Å². The van der Waals surface area contributed by atoms with Crippen molar-refractivity contribution >= 4 is 45.1 Å². The van der Waals surface area contributed by atoms with Gasteiger partial charge in [-0.2, -0.15) is 4.31 Å². The Morgan fingerprint density at radius 1 is 0.867 bits per heavy atom. The number of fused-ring (bicyclic) bond motifs is 1. The summed E-state index contributed by atoms with van der Waals surface area (Å²) in [6.45, 7) is 0.705. The fourth-order valence-electron chi connectivity index (χ4n) is 7.53. The molecule has 1 amide bonds. The maximum atomic E-state index is 13.3. The van der Waals surface area contributed by atoms with Crippen LogP contribution in [-0.2, 0) is 14.8 Å². The van der Waals surface area contributed by atoms with Crippen LogP contribution in [0.3, 0.4) is 0 Å². The number of carbonyl (C=O) groups is 2. The number of carboxylic acids is 1. The summed E-state index contributed by atoms with van der Waals surface area (Å²) in [6.07, 6.45) is 4.47. The van der Waals surface area contributed by atoms with Crippen molar-refractivity contribution in [3.05, 3.63) is 99.5 Å². The molecular weight excluding hydrogens is 633 g/mol. The zero-order chi connectivity index (χ0) is 31.7. The lowest BCUT2D eigenvalue weighted by Crippen LogP contribution is -2.60. The molecule has 1 aliphatic carbocycles. The van der Waals surface area contributed by atoms with Crippen LogP contribution in [0.15, 0.2) is 77.7 Å². The van der Waals surface area contributed by atoms with Gasteiger partial charge in [0.05, 0.1) is 10.5 Å². The van der Waals surface area contributed by atoms with Gasteiger partial charge in [-0.05, 0) is 104 Å². The maximum absolute atomic E-state index is 13.3.